The Balaban J connectivity index is 1.86. The van der Waals surface area contributed by atoms with Gasteiger partial charge >= 0.3 is 0 Å². The Bertz CT molecular complexity index is 1380. The van der Waals surface area contributed by atoms with E-state index >= 15 is 0 Å². The van der Waals surface area contributed by atoms with Crippen LogP contribution >= 0.6 is 0 Å². The summed E-state index contributed by atoms with van der Waals surface area (Å²) in [6.45, 7) is 1.58. The fourth-order valence-electron chi connectivity index (χ4n) is 5.50. The normalized spacial score (nSPS) is 29.4. The molecule has 2 aromatic rings. The molecule has 0 aliphatic carbocycles. The third-order valence-electron chi connectivity index (χ3n) is 7.02. The quantitative estimate of drug-likeness (QED) is 0.513. The number of benzene rings is 2. The largest absolute Gasteiger partial charge is 0.454 e. The minimum Gasteiger partial charge on any atom is -0.454 e. The van der Waals surface area contributed by atoms with Crippen molar-refractivity contribution in [1.82, 2.24) is 0 Å². The van der Waals surface area contributed by atoms with Crippen LogP contribution in [0.5, 0.6) is 11.5 Å². The maximum atomic E-state index is 12.1. The monoisotopic (exact) mass is 471 g/mol. The van der Waals surface area contributed by atoms with Crippen molar-refractivity contribution in [3.05, 3.63) is 63.7 Å². The van der Waals surface area contributed by atoms with Crippen LogP contribution < -0.4 is 9.47 Å². The van der Waals surface area contributed by atoms with Gasteiger partial charge in [-0.25, -0.2) is 0 Å². The van der Waals surface area contributed by atoms with E-state index in [1.807, 2.05) is 18.2 Å². The third kappa shape index (κ3) is 2.52. The van der Waals surface area contributed by atoms with Crippen molar-refractivity contribution in [1.29, 1.82) is 21.2 Å². The fraction of sp³-hybridized carbons (Fsp3) is 0.333. The van der Waals surface area contributed by atoms with Crippen molar-refractivity contribution in [3.8, 4) is 29.7 Å². The van der Waals surface area contributed by atoms with E-state index in [9.17, 15) is 25.9 Å². The van der Waals surface area contributed by atoms with Crippen LogP contribution in [0, 0.1) is 66.3 Å². The standard InChI is InChI=1S/C24H17N5O6/c1-2-19-23(12-27)21(28)35-24(19,14-6-4-3-5-7-14)34-20(22(23,10-25)11-26)15-8-17-18(33-13-32-17)9-16(15)29(30)31/h3-9,19-20,28H,2,13H2,1H3. The van der Waals surface area contributed by atoms with E-state index < -0.39 is 45.1 Å². The highest BCUT2D eigenvalue weighted by Gasteiger charge is 2.80. The molecular formula is C24H17N5O6. The topological polar surface area (TPSA) is 175 Å². The molecule has 0 aromatic heterocycles. The highest BCUT2D eigenvalue weighted by molar-refractivity contribution is 5.89. The van der Waals surface area contributed by atoms with Crippen molar-refractivity contribution in [3.63, 3.8) is 0 Å². The number of ether oxygens (including phenoxy) is 4. The van der Waals surface area contributed by atoms with Crippen molar-refractivity contribution in [2.24, 2.45) is 16.7 Å². The average molecular weight is 471 g/mol. The molecule has 2 aromatic carbocycles. The molecule has 2 saturated heterocycles. The highest BCUT2D eigenvalue weighted by Crippen LogP contribution is 2.70. The molecule has 3 heterocycles. The minimum absolute atomic E-state index is 0.127. The Kier molecular flexibility index (Phi) is 4.70. The lowest BCUT2D eigenvalue weighted by Crippen LogP contribution is -2.58. The first kappa shape index (κ1) is 22.1. The van der Waals surface area contributed by atoms with Gasteiger partial charge in [-0.2, -0.15) is 15.8 Å². The van der Waals surface area contributed by atoms with Gasteiger partial charge in [0.1, 0.15) is 6.10 Å². The number of nitrogens with zero attached hydrogens (tertiary/aromatic N) is 4. The second-order valence-electron chi connectivity index (χ2n) is 8.40. The van der Waals surface area contributed by atoms with Crippen LogP contribution in [0.15, 0.2) is 42.5 Å². The van der Waals surface area contributed by atoms with Gasteiger partial charge in [-0.3, -0.25) is 15.5 Å². The smallest absolute Gasteiger partial charge is 0.279 e. The molecule has 5 rings (SSSR count). The Hall–Kier alpha value is -4.66. The third-order valence-corrected chi connectivity index (χ3v) is 7.02. The summed E-state index contributed by atoms with van der Waals surface area (Å²) in [6.07, 6.45) is -1.43. The Morgan fingerprint density at radius 3 is 2.34 bits per heavy atom. The van der Waals surface area contributed by atoms with Crippen LogP contribution in [0.4, 0.5) is 5.69 Å². The number of hydrogen-bond donors (Lipinski definition) is 1. The lowest BCUT2D eigenvalue weighted by molar-refractivity contribution is -0.387. The van der Waals surface area contributed by atoms with Gasteiger partial charge in [-0.15, -0.1) is 0 Å². The van der Waals surface area contributed by atoms with E-state index in [1.165, 1.54) is 6.07 Å². The predicted molar refractivity (Wildman–Crippen MR) is 115 cm³/mol. The number of nitrogens with one attached hydrogen (secondary N) is 1. The summed E-state index contributed by atoms with van der Waals surface area (Å²) in [6, 6.07) is 16.8. The first-order valence-corrected chi connectivity index (χ1v) is 10.7. The number of nitriles is 3. The maximum absolute atomic E-state index is 12.1. The van der Waals surface area contributed by atoms with Gasteiger partial charge in [-0.05, 0) is 12.5 Å². The van der Waals surface area contributed by atoms with Crippen LogP contribution in [0.2, 0.25) is 0 Å². The number of fused-ring (bicyclic) bond motifs is 3. The van der Waals surface area contributed by atoms with Crippen molar-refractivity contribution >= 4 is 11.6 Å². The molecule has 1 N–H and O–H groups in total. The molecule has 3 aliphatic rings. The second-order valence-corrected chi connectivity index (χ2v) is 8.40. The molecule has 0 saturated carbocycles. The summed E-state index contributed by atoms with van der Waals surface area (Å²) in [5.74, 6) is -2.97. The molecule has 174 valence electrons. The SMILES string of the molecule is CCC1C2(c3ccccc3)OC(=N)C1(C#N)C(C#N)(C#N)C(c1cc3c(cc1[N+](=O)[O-])OCO3)O2. The van der Waals surface area contributed by atoms with E-state index in [1.54, 1.807) is 37.3 Å². The van der Waals surface area contributed by atoms with Gasteiger partial charge in [0.15, 0.2) is 16.9 Å². The summed E-state index contributed by atoms with van der Waals surface area (Å²) < 4.78 is 23.1. The van der Waals surface area contributed by atoms with Crippen LogP contribution in [0.25, 0.3) is 0 Å². The van der Waals surface area contributed by atoms with Gasteiger partial charge in [0.25, 0.3) is 5.69 Å². The lowest BCUT2D eigenvalue weighted by atomic mass is 9.52. The minimum atomic E-state index is -2.35. The van der Waals surface area contributed by atoms with Gasteiger partial charge in [0.2, 0.25) is 23.9 Å². The van der Waals surface area contributed by atoms with Gasteiger partial charge in [0.05, 0.1) is 40.7 Å². The zero-order chi connectivity index (χ0) is 25.0. The molecule has 4 atom stereocenters. The van der Waals surface area contributed by atoms with Crippen LogP contribution in [-0.4, -0.2) is 17.6 Å². The van der Waals surface area contributed by atoms with Crippen molar-refractivity contribution in [2.45, 2.75) is 25.2 Å². The molecule has 4 unspecified atom stereocenters. The first-order chi connectivity index (χ1) is 16.8. The van der Waals surface area contributed by atoms with Gasteiger partial charge in [-0.1, -0.05) is 37.3 Å². The number of hydrogen-bond acceptors (Lipinski definition) is 10. The summed E-state index contributed by atoms with van der Waals surface area (Å²) >= 11 is 0. The fourth-order valence-corrected chi connectivity index (χ4v) is 5.50. The molecular weight excluding hydrogens is 454 g/mol. The van der Waals surface area contributed by atoms with E-state index in [0.717, 1.165) is 6.07 Å². The average Bonchev–Trinajstić information content (AvgIpc) is 3.42. The molecule has 2 bridgehead atoms. The predicted octanol–water partition coefficient (Wildman–Crippen LogP) is 3.83. The van der Waals surface area contributed by atoms with Gasteiger partial charge < -0.3 is 18.9 Å². The number of rotatable bonds is 4. The summed E-state index contributed by atoms with van der Waals surface area (Å²) in [4.78, 5) is 11.4. The van der Waals surface area contributed by atoms with E-state index in [4.69, 9.17) is 24.4 Å². The van der Waals surface area contributed by atoms with Crippen LogP contribution in [0.3, 0.4) is 0 Å². The lowest BCUT2D eigenvalue weighted by Gasteiger charge is -2.49. The van der Waals surface area contributed by atoms with E-state index in [0.29, 0.717) is 5.56 Å². The molecule has 3 aliphatic heterocycles. The van der Waals surface area contributed by atoms with E-state index in [-0.39, 0.29) is 30.3 Å². The zero-order valence-corrected chi connectivity index (χ0v) is 18.3. The zero-order valence-electron chi connectivity index (χ0n) is 18.3. The maximum Gasteiger partial charge on any atom is 0.279 e. The molecule has 0 spiro atoms. The second kappa shape index (κ2) is 7.42. The molecule has 35 heavy (non-hydrogen) atoms. The van der Waals surface area contributed by atoms with Crippen LogP contribution in [-0.2, 0) is 15.3 Å². The molecule has 11 heteroatoms. The Labute approximate surface area is 199 Å². The van der Waals surface area contributed by atoms with Gasteiger partial charge in [0, 0.05) is 5.56 Å². The summed E-state index contributed by atoms with van der Waals surface area (Å²) in [5, 5.41) is 52.1. The molecule has 0 amide bonds. The number of nitro groups is 1. The first-order valence-electron chi connectivity index (χ1n) is 10.7. The highest BCUT2D eigenvalue weighted by atomic mass is 16.7. The molecule has 2 fully saturated rings. The van der Waals surface area contributed by atoms with Crippen LogP contribution in [0.1, 0.15) is 30.6 Å². The summed E-state index contributed by atoms with van der Waals surface area (Å²) in [7, 11) is 0. The Morgan fingerprint density at radius 2 is 1.77 bits per heavy atom. The Morgan fingerprint density at radius 1 is 1.11 bits per heavy atom. The van der Waals surface area contributed by atoms with E-state index in [2.05, 4.69) is 0 Å². The van der Waals surface area contributed by atoms with Crippen molar-refractivity contribution in [2.75, 3.05) is 6.79 Å². The number of nitro benzene ring substituents is 1. The summed E-state index contributed by atoms with van der Waals surface area (Å²) in [5.41, 5.74) is -4.62. The van der Waals surface area contributed by atoms with Crippen molar-refractivity contribution < 1.29 is 23.9 Å². The molecule has 0 radical (unpaired) electrons. The molecule has 11 nitrogen and oxygen atoms in total.